The molecule has 2 rings (SSSR count). The molecule has 118 valence electrons. The summed E-state index contributed by atoms with van der Waals surface area (Å²) >= 11 is 0. The highest BCUT2D eigenvalue weighted by Gasteiger charge is 2.42. The smallest absolute Gasteiger partial charge is 0.308 e. The summed E-state index contributed by atoms with van der Waals surface area (Å²) in [7, 11) is 0. The fourth-order valence-electron chi connectivity index (χ4n) is 3.07. The molecule has 0 aliphatic carbocycles. The molecule has 0 radical (unpaired) electrons. The number of aliphatic carboxylic acids is 1. The van der Waals surface area contributed by atoms with Crippen molar-refractivity contribution in [2.24, 2.45) is 11.3 Å². The maximum Gasteiger partial charge on any atom is 0.308 e. The predicted molar refractivity (Wildman–Crippen MR) is 76.5 cm³/mol. The molecular formula is C15H24N2O4. The summed E-state index contributed by atoms with van der Waals surface area (Å²) in [6.45, 7) is 6.91. The number of amides is 2. The lowest BCUT2D eigenvalue weighted by molar-refractivity contribution is -0.148. The van der Waals surface area contributed by atoms with Gasteiger partial charge in [-0.2, -0.15) is 0 Å². The van der Waals surface area contributed by atoms with E-state index in [4.69, 9.17) is 5.11 Å². The first kappa shape index (κ1) is 15.8. The van der Waals surface area contributed by atoms with E-state index < -0.39 is 23.3 Å². The Bertz CT molecular complexity index is 455. The monoisotopic (exact) mass is 296 g/mol. The summed E-state index contributed by atoms with van der Waals surface area (Å²) < 4.78 is 0. The van der Waals surface area contributed by atoms with E-state index >= 15 is 0 Å². The molecule has 0 bridgehead atoms. The molecule has 2 aliphatic heterocycles. The number of hydrogen-bond acceptors (Lipinski definition) is 3. The van der Waals surface area contributed by atoms with Crippen LogP contribution in [0.1, 0.15) is 40.0 Å². The van der Waals surface area contributed by atoms with Gasteiger partial charge in [-0.05, 0) is 19.3 Å². The molecule has 0 aromatic heterocycles. The molecule has 1 N–H and O–H groups in total. The summed E-state index contributed by atoms with van der Waals surface area (Å²) in [5, 5.41) is 9.02. The van der Waals surface area contributed by atoms with Gasteiger partial charge in [0.25, 0.3) is 0 Å². The fourth-order valence-corrected chi connectivity index (χ4v) is 3.07. The maximum absolute atomic E-state index is 12.6. The zero-order chi connectivity index (χ0) is 15.8. The molecule has 2 fully saturated rings. The van der Waals surface area contributed by atoms with Crippen molar-refractivity contribution in [1.82, 2.24) is 9.80 Å². The molecule has 6 heteroatoms. The Hall–Kier alpha value is -1.59. The molecule has 2 heterocycles. The molecule has 2 unspecified atom stereocenters. The molecule has 2 saturated heterocycles. The van der Waals surface area contributed by atoms with Crippen molar-refractivity contribution in [3.63, 3.8) is 0 Å². The highest BCUT2D eigenvalue weighted by atomic mass is 16.4. The SMILES string of the molecule is CC(C)(C)C(=O)N1CCCC1C(=O)N1CCC(C(=O)O)C1. The van der Waals surface area contributed by atoms with E-state index in [9.17, 15) is 14.4 Å². The maximum atomic E-state index is 12.6. The molecule has 0 saturated carbocycles. The average molecular weight is 296 g/mol. The van der Waals surface area contributed by atoms with Gasteiger partial charge in [-0.3, -0.25) is 14.4 Å². The average Bonchev–Trinajstić information content (AvgIpc) is 3.05. The zero-order valence-electron chi connectivity index (χ0n) is 13.0. The van der Waals surface area contributed by atoms with E-state index in [-0.39, 0.29) is 18.4 Å². The van der Waals surface area contributed by atoms with Crippen LogP contribution in [0.5, 0.6) is 0 Å². The first-order valence-corrected chi connectivity index (χ1v) is 7.54. The number of rotatable bonds is 2. The molecule has 6 nitrogen and oxygen atoms in total. The molecule has 0 aromatic carbocycles. The van der Waals surface area contributed by atoms with Gasteiger partial charge in [0.2, 0.25) is 11.8 Å². The molecule has 2 amide bonds. The Balaban J connectivity index is 2.05. The molecule has 21 heavy (non-hydrogen) atoms. The lowest BCUT2D eigenvalue weighted by Gasteiger charge is -2.32. The van der Waals surface area contributed by atoms with Crippen LogP contribution in [-0.2, 0) is 14.4 Å². The van der Waals surface area contributed by atoms with Gasteiger partial charge in [0.05, 0.1) is 5.92 Å². The fraction of sp³-hybridized carbons (Fsp3) is 0.800. The third-order valence-corrected chi connectivity index (χ3v) is 4.29. The second-order valence-electron chi connectivity index (χ2n) is 7.01. The van der Waals surface area contributed by atoms with Crippen molar-refractivity contribution in [3.05, 3.63) is 0 Å². The minimum atomic E-state index is -0.848. The highest BCUT2D eigenvalue weighted by molar-refractivity contribution is 5.90. The quantitative estimate of drug-likeness (QED) is 0.823. The summed E-state index contributed by atoms with van der Waals surface area (Å²) in [5.41, 5.74) is -0.503. The predicted octanol–water partition coefficient (Wildman–Crippen LogP) is 0.957. The van der Waals surface area contributed by atoms with E-state index in [2.05, 4.69) is 0 Å². The normalized spacial score (nSPS) is 26.2. The van der Waals surface area contributed by atoms with Crippen molar-refractivity contribution < 1.29 is 19.5 Å². The Labute approximate surface area is 125 Å². The van der Waals surface area contributed by atoms with Gasteiger partial charge >= 0.3 is 5.97 Å². The van der Waals surface area contributed by atoms with Crippen LogP contribution in [0.25, 0.3) is 0 Å². The Morgan fingerprint density at radius 1 is 1.10 bits per heavy atom. The lowest BCUT2D eigenvalue weighted by atomic mass is 9.94. The van der Waals surface area contributed by atoms with Crippen molar-refractivity contribution in [1.29, 1.82) is 0 Å². The second-order valence-corrected chi connectivity index (χ2v) is 7.01. The third-order valence-electron chi connectivity index (χ3n) is 4.29. The van der Waals surface area contributed by atoms with Gasteiger partial charge in [0.15, 0.2) is 0 Å². The second kappa shape index (κ2) is 5.66. The van der Waals surface area contributed by atoms with E-state index in [1.54, 1.807) is 9.80 Å². The number of carbonyl (C=O) groups is 3. The Kier molecular flexibility index (Phi) is 4.25. The van der Waals surface area contributed by atoms with Crippen LogP contribution in [-0.4, -0.2) is 58.4 Å². The highest BCUT2D eigenvalue weighted by Crippen LogP contribution is 2.28. The van der Waals surface area contributed by atoms with Crippen LogP contribution in [0.4, 0.5) is 0 Å². The van der Waals surface area contributed by atoms with Gasteiger partial charge in [-0.1, -0.05) is 20.8 Å². The van der Waals surface area contributed by atoms with E-state index in [1.165, 1.54) is 0 Å². The number of carboxylic acid groups (broad SMARTS) is 1. The molecule has 2 atom stereocenters. The Morgan fingerprint density at radius 2 is 1.76 bits per heavy atom. The minimum absolute atomic E-state index is 0.00710. The van der Waals surface area contributed by atoms with Crippen molar-refractivity contribution in [2.75, 3.05) is 19.6 Å². The largest absolute Gasteiger partial charge is 0.481 e. The van der Waals surface area contributed by atoms with E-state index in [0.29, 0.717) is 25.9 Å². The van der Waals surface area contributed by atoms with Gasteiger partial charge in [-0.15, -0.1) is 0 Å². The van der Waals surface area contributed by atoms with Crippen molar-refractivity contribution in [3.8, 4) is 0 Å². The Morgan fingerprint density at radius 3 is 2.29 bits per heavy atom. The van der Waals surface area contributed by atoms with Gasteiger partial charge in [0, 0.05) is 25.0 Å². The van der Waals surface area contributed by atoms with Crippen LogP contribution in [0.2, 0.25) is 0 Å². The standard InChI is InChI=1S/C15H24N2O4/c1-15(2,3)14(21)17-7-4-5-11(17)12(18)16-8-6-10(9-16)13(19)20/h10-11H,4-9H2,1-3H3,(H,19,20). The van der Waals surface area contributed by atoms with Crippen molar-refractivity contribution >= 4 is 17.8 Å². The van der Waals surface area contributed by atoms with Gasteiger partial charge < -0.3 is 14.9 Å². The van der Waals surface area contributed by atoms with Crippen LogP contribution < -0.4 is 0 Å². The van der Waals surface area contributed by atoms with Crippen LogP contribution in [0.15, 0.2) is 0 Å². The number of carboxylic acids is 1. The summed E-state index contributed by atoms with van der Waals surface area (Å²) in [6.07, 6.45) is 2.00. The number of carbonyl (C=O) groups excluding carboxylic acids is 2. The summed E-state index contributed by atoms with van der Waals surface area (Å²) in [4.78, 5) is 39.3. The summed E-state index contributed by atoms with van der Waals surface area (Å²) in [6, 6.07) is -0.413. The molecular weight excluding hydrogens is 272 g/mol. The van der Waals surface area contributed by atoms with Crippen LogP contribution in [0, 0.1) is 11.3 Å². The first-order valence-electron chi connectivity index (χ1n) is 7.54. The lowest BCUT2D eigenvalue weighted by Crippen LogP contribution is -2.50. The van der Waals surface area contributed by atoms with E-state index in [1.807, 2.05) is 20.8 Å². The van der Waals surface area contributed by atoms with E-state index in [0.717, 1.165) is 6.42 Å². The topological polar surface area (TPSA) is 77.9 Å². The number of nitrogens with zero attached hydrogens (tertiary/aromatic N) is 2. The molecule has 2 aliphatic rings. The summed E-state index contributed by atoms with van der Waals surface area (Å²) in [5.74, 6) is -1.41. The number of likely N-dealkylation sites (tertiary alicyclic amines) is 2. The third kappa shape index (κ3) is 3.19. The first-order chi connectivity index (χ1) is 9.71. The van der Waals surface area contributed by atoms with Crippen LogP contribution >= 0.6 is 0 Å². The van der Waals surface area contributed by atoms with Crippen LogP contribution in [0.3, 0.4) is 0 Å². The van der Waals surface area contributed by atoms with Gasteiger partial charge in [0.1, 0.15) is 6.04 Å². The minimum Gasteiger partial charge on any atom is -0.481 e. The molecule has 0 spiro atoms. The zero-order valence-corrected chi connectivity index (χ0v) is 13.0. The number of hydrogen-bond donors (Lipinski definition) is 1. The van der Waals surface area contributed by atoms with Gasteiger partial charge in [-0.25, -0.2) is 0 Å². The van der Waals surface area contributed by atoms with Crippen molar-refractivity contribution in [2.45, 2.75) is 46.1 Å². The molecule has 0 aromatic rings.